The number of ether oxygens (including phenoxy) is 1. The summed E-state index contributed by atoms with van der Waals surface area (Å²) in [7, 11) is 0. The summed E-state index contributed by atoms with van der Waals surface area (Å²) in [6, 6.07) is 9.40. The molecule has 1 saturated heterocycles. The number of amides is 1. The minimum atomic E-state index is -1.08. The first kappa shape index (κ1) is 23.5. The molecule has 1 unspecified atom stereocenters. The third-order valence-electron chi connectivity index (χ3n) is 4.20. The van der Waals surface area contributed by atoms with E-state index in [0.29, 0.717) is 32.1 Å². The highest BCUT2D eigenvalue weighted by Crippen LogP contribution is 2.20. The maximum atomic E-state index is 12.1. The number of rotatable bonds is 3. The molecule has 1 fully saturated rings. The van der Waals surface area contributed by atoms with Crippen LogP contribution in [-0.4, -0.2) is 65.3 Å². The first-order valence-corrected chi connectivity index (χ1v) is 8.89. The SMILES string of the molecule is CC(C)(C)OC(=O)N1CCN(C(N)=NCC(C)(O)c2ccccc2)CC1.I. The molecule has 1 aromatic carbocycles. The van der Waals surface area contributed by atoms with Gasteiger partial charge < -0.3 is 25.4 Å². The average molecular weight is 490 g/mol. The van der Waals surface area contributed by atoms with E-state index in [1.807, 2.05) is 56.0 Å². The highest BCUT2D eigenvalue weighted by atomic mass is 127. The number of nitrogens with two attached hydrogens (primary N) is 1. The Labute approximate surface area is 178 Å². The lowest BCUT2D eigenvalue weighted by Crippen LogP contribution is -2.53. The van der Waals surface area contributed by atoms with Crippen molar-refractivity contribution in [2.24, 2.45) is 10.7 Å². The van der Waals surface area contributed by atoms with Crippen LogP contribution in [0.2, 0.25) is 0 Å². The molecule has 0 radical (unpaired) electrons. The summed E-state index contributed by atoms with van der Waals surface area (Å²) in [5.74, 6) is 0.380. The Kier molecular flexibility index (Phi) is 8.34. The number of halogens is 1. The Balaban J connectivity index is 0.00000364. The molecule has 1 aromatic rings. The first-order valence-electron chi connectivity index (χ1n) is 8.89. The summed E-state index contributed by atoms with van der Waals surface area (Å²) >= 11 is 0. The van der Waals surface area contributed by atoms with E-state index < -0.39 is 11.2 Å². The van der Waals surface area contributed by atoms with E-state index in [0.717, 1.165) is 5.56 Å². The van der Waals surface area contributed by atoms with Gasteiger partial charge in [0.05, 0.1) is 6.54 Å². The fourth-order valence-corrected chi connectivity index (χ4v) is 2.67. The van der Waals surface area contributed by atoms with Gasteiger partial charge in [-0.15, -0.1) is 24.0 Å². The van der Waals surface area contributed by atoms with Crippen LogP contribution in [0.25, 0.3) is 0 Å². The molecule has 8 heteroatoms. The maximum absolute atomic E-state index is 12.1. The number of carbonyl (C=O) groups excluding carboxylic acids is 1. The summed E-state index contributed by atoms with van der Waals surface area (Å²) in [4.78, 5) is 20.1. The molecule has 3 N–H and O–H groups in total. The van der Waals surface area contributed by atoms with Crippen LogP contribution in [0.15, 0.2) is 35.3 Å². The largest absolute Gasteiger partial charge is 0.444 e. The number of benzene rings is 1. The second-order valence-electron chi connectivity index (χ2n) is 7.77. The van der Waals surface area contributed by atoms with Gasteiger partial charge in [0.1, 0.15) is 11.2 Å². The quantitative estimate of drug-likeness (QED) is 0.386. The van der Waals surface area contributed by atoms with Crippen LogP contribution in [0.5, 0.6) is 0 Å². The van der Waals surface area contributed by atoms with Gasteiger partial charge in [0.15, 0.2) is 5.96 Å². The Bertz CT molecular complexity index is 636. The van der Waals surface area contributed by atoms with Crippen molar-refractivity contribution in [3.8, 4) is 0 Å². The van der Waals surface area contributed by atoms with Gasteiger partial charge in [-0.25, -0.2) is 9.79 Å². The van der Waals surface area contributed by atoms with Crippen molar-refractivity contribution < 1.29 is 14.6 Å². The van der Waals surface area contributed by atoms with Crippen molar-refractivity contribution in [3.63, 3.8) is 0 Å². The number of carbonyl (C=O) groups is 1. The van der Waals surface area contributed by atoms with Crippen LogP contribution in [0.4, 0.5) is 4.79 Å². The van der Waals surface area contributed by atoms with Gasteiger partial charge in [-0.1, -0.05) is 30.3 Å². The van der Waals surface area contributed by atoms with Gasteiger partial charge in [0.25, 0.3) is 0 Å². The Morgan fingerprint density at radius 1 is 1.11 bits per heavy atom. The van der Waals surface area contributed by atoms with Crippen LogP contribution in [0.1, 0.15) is 33.3 Å². The van der Waals surface area contributed by atoms with Gasteiger partial charge in [-0.2, -0.15) is 0 Å². The molecule has 1 aliphatic rings. The van der Waals surface area contributed by atoms with Crippen molar-refractivity contribution >= 4 is 36.0 Å². The van der Waals surface area contributed by atoms with E-state index in [2.05, 4.69) is 4.99 Å². The number of nitrogens with zero attached hydrogens (tertiary/aromatic N) is 3. The molecule has 1 atom stereocenters. The Morgan fingerprint density at radius 3 is 2.15 bits per heavy atom. The zero-order valence-corrected chi connectivity index (χ0v) is 18.8. The van der Waals surface area contributed by atoms with Crippen LogP contribution >= 0.6 is 24.0 Å². The number of hydrogen-bond acceptors (Lipinski definition) is 4. The topological polar surface area (TPSA) is 91.4 Å². The molecule has 0 aromatic heterocycles. The number of aliphatic imine (C=N–C) groups is 1. The smallest absolute Gasteiger partial charge is 0.410 e. The fourth-order valence-electron chi connectivity index (χ4n) is 2.67. The van der Waals surface area contributed by atoms with Gasteiger partial charge in [-0.05, 0) is 33.3 Å². The van der Waals surface area contributed by atoms with Crippen molar-refractivity contribution in [2.75, 3.05) is 32.7 Å². The van der Waals surface area contributed by atoms with Crippen LogP contribution in [-0.2, 0) is 10.3 Å². The molecule has 1 amide bonds. The van der Waals surface area contributed by atoms with E-state index in [1.165, 1.54) is 0 Å². The normalized spacial score (nSPS) is 17.7. The third kappa shape index (κ3) is 7.17. The van der Waals surface area contributed by atoms with Gasteiger partial charge in [-0.3, -0.25) is 0 Å². The second kappa shape index (κ2) is 9.59. The van der Waals surface area contributed by atoms with Crippen molar-refractivity contribution in [1.29, 1.82) is 0 Å². The van der Waals surface area contributed by atoms with E-state index >= 15 is 0 Å². The van der Waals surface area contributed by atoms with E-state index in [9.17, 15) is 9.90 Å². The zero-order chi connectivity index (χ0) is 19.4. The van der Waals surface area contributed by atoms with E-state index in [-0.39, 0.29) is 36.6 Å². The molecule has 27 heavy (non-hydrogen) atoms. The molecule has 152 valence electrons. The second-order valence-corrected chi connectivity index (χ2v) is 7.77. The zero-order valence-electron chi connectivity index (χ0n) is 16.5. The third-order valence-corrected chi connectivity index (χ3v) is 4.20. The van der Waals surface area contributed by atoms with Crippen molar-refractivity contribution in [3.05, 3.63) is 35.9 Å². The Morgan fingerprint density at radius 2 is 1.63 bits per heavy atom. The van der Waals surface area contributed by atoms with Gasteiger partial charge >= 0.3 is 6.09 Å². The summed E-state index contributed by atoms with van der Waals surface area (Å²) in [5.41, 5.74) is 5.30. The molecular formula is C19H31IN4O3. The van der Waals surface area contributed by atoms with Crippen molar-refractivity contribution in [2.45, 2.75) is 38.9 Å². The minimum absolute atomic E-state index is 0. The predicted octanol–water partition coefficient (Wildman–Crippen LogP) is 2.38. The number of aliphatic hydroxyl groups is 1. The van der Waals surface area contributed by atoms with E-state index in [1.54, 1.807) is 11.8 Å². The van der Waals surface area contributed by atoms with E-state index in [4.69, 9.17) is 10.5 Å². The monoisotopic (exact) mass is 490 g/mol. The van der Waals surface area contributed by atoms with Crippen molar-refractivity contribution in [1.82, 2.24) is 9.80 Å². The first-order chi connectivity index (χ1) is 12.1. The lowest BCUT2D eigenvalue weighted by atomic mass is 9.96. The highest BCUT2D eigenvalue weighted by Gasteiger charge is 2.27. The molecule has 0 aliphatic carbocycles. The number of guanidine groups is 1. The predicted molar refractivity (Wildman–Crippen MR) is 117 cm³/mol. The van der Waals surface area contributed by atoms with Crippen LogP contribution < -0.4 is 5.73 Å². The van der Waals surface area contributed by atoms with Crippen LogP contribution in [0.3, 0.4) is 0 Å². The summed E-state index contributed by atoms with van der Waals surface area (Å²) in [6.45, 7) is 9.68. The highest BCUT2D eigenvalue weighted by molar-refractivity contribution is 14.0. The fraction of sp³-hybridized carbons (Fsp3) is 0.579. The lowest BCUT2D eigenvalue weighted by molar-refractivity contribution is 0.0186. The Hall–Kier alpha value is -1.55. The molecule has 1 heterocycles. The van der Waals surface area contributed by atoms with Gasteiger partial charge in [0, 0.05) is 26.2 Å². The van der Waals surface area contributed by atoms with Gasteiger partial charge in [0.2, 0.25) is 0 Å². The molecule has 1 aliphatic heterocycles. The summed E-state index contributed by atoms with van der Waals surface area (Å²) < 4.78 is 5.39. The molecular weight excluding hydrogens is 459 g/mol. The molecule has 0 saturated carbocycles. The standard InChI is InChI=1S/C19H30N4O3.HI/c1-18(2,3)26-17(24)23-12-10-22(11-13-23)16(20)21-14-19(4,25)15-8-6-5-7-9-15;/h5-9,25H,10-14H2,1-4H3,(H2,20,21);1H. The number of piperazine rings is 1. The molecule has 0 bridgehead atoms. The number of hydrogen-bond donors (Lipinski definition) is 2. The molecule has 0 spiro atoms. The summed E-state index contributed by atoms with van der Waals surface area (Å²) in [5, 5.41) is 10.6. The maximum Gasteiger partial charge on any atom is 0.410 e. The van der Waals surface area contributed by atoms with Crippen LogP contribution in [0, 0.1) is 0 Å². The minimum Gasteiger partial charge on any atom is -0.444 e. The molecule has 2 rings (SSSR count). The molecule has 7 nitrogen and oxygen atoms in total. The average Bonchev–Trinajstić information content (AvgIpc) is 2.59. The summed E-state index contributed by atoms with van der Waals surface area (Å²) in [6.07, 6.45) is -0.306. The lowest BCUT2D eigenvalue weighted by Gasteiger charge is -2.36.